The fourth-order valence-corrected chi connectivity index (χ4v) is 3.61. The molecule has 2 N–H and O–H groups in total. The summed E-state index contributed by atoms with van der Waals surface area (Å²) in [5.41, 5.74) is 2.53. The van der Waals surface area contributed by atoms with E-state index >= 15 is 0 Å². The molecule has 0 saturated heterocycles. The number of methoxy groups -OCH3 is 2. The van der Waals surface area contributed by atoms with Gasteiger partial charge in [0.1, 0.15) is 0 Å². The van der Waals surface area contributed by atoms with Gasteiger partial charge in [-0.1, -0.05) is 72.3 Å². The summed E-state index contributed by atoms with van der Waals surface area (Å²) >= 11 is 11.7. The standard InChI is InChI=1S/C24H23ClN2O3S/c1-29-20-13-18(19(25)14-21(20)30-2)15-26-24(31)27-23(28)22(16-9-5-3-6-10-16)17-11-7-4-8-12-17/h3-14,22H,15H2,1-2H3,(H2,26,27,28,31). The predicted octanol–water partition coefficient (Wildman–Crippen LogP) is 4.68. The minimum absolute atomic E-state index is 0.215. The molecule has 5 nitrogen and oxygen atoms in total. The van der Waals surface area contributed by atoms with Crippen molar-refractivity contribution in [2.24, 2.45) is 0 Å². The number of nitrogens with one attached hydrogen (secondary N) is 2. The molecule has 1 amide bonds. The Kier molecular flexibility index (Phi) is 7.87. The Hall–Kier alpha value is -3.09. The van der Waals surface area contributed by atoms with E-state index in [-0.39, 0.29) is 11.0 Å². The Morgan fingerprint density at radius 2 is 1.45 bits per heavy atom. The summed E-state index contributed by atoms with van der Waals surface area (Å²) in [4.78, 5) is 13.1. The third-order valence-electron chi connectivity index (χ3n) is 4.76. The third kappa shape index (κ3) is 5.75. The summed E-state index contributed by atoms with van der Waals surface area (Å²) in [5, 5.41) is 6.56. The van der Waals surface area contributed by atoms with E-state index in [0.29, 0.717) is 23.1 Å². The van der Waals surface area contributed by atoms with Crippen molar-refractivity contribution < 1.29 is 14.3 Å². The Morgan fingerprint density at radius 1 is 0.935 bits per heavy atom. The molecular formula is C24H23ClN2O3S. The van der Waals surface area contributed by atoms with Crippen LogP contribution in [0.25, 0.3) is 0 Å². The van der Waals surface area contributed by atoms with Crippen LogP contribution in [0.2, 0.25) is 5.02 Å². The Balaban J connectivity index is 1.71. The highest BCUT2D eigenvalue weighted by molar-refractivity contribution is 7.80. The molecule has 3 aromatic carbocycles. The maximum atomic E-state index is 13.1. The van der Waals surface area contributed by atoms with Crippen molar-refractivity contribution in [2.75, 3.05) is 14.2 Å². The van der Waals surface area contributed by atoms with Crippen LogP contribution in [0.3, 0.4) is 0 Å². The molecule has 0 radical (unpaired) electrons. The minimum atomic E-state index is -0.480. The number of hydrogen-bond donors (Lipinski definition) is 2. The van der Waals surface area contributed by atoms with Crippen molar-refractivity contribution in [3.63, 3.8) is 0 Å². The van der Waals surface area contributed by atoms with Gasteiger partial charge >= 0.3 is 0 Å². The summed E-state index contributed by atoms with van der Waals surface area (Å²) in [6.45, 7) is 0.319. The number of ether oxygens (including phenoxy) is 2. The molecule has 3 aromatic rings. The first-order valence-electron chi connectivity index (χ1n) is 9.62. The molecule has 160 valence electrons. The van der Waals surface area contributed by atoms with Gasteiger partial charge in [0.05, 0.1) is 20.1 Å². The fraction of sp³-hybridized carbons (Fsp3) is 0.167. The largest absolute Gasteiger partial charge is 0.493 e. The number of amides is 1. The van der Waals surface area contributed by atoms with Gasteiger partial charge in [0.15, 0.2) is 16.6 Å². The van der Waals surface area contributed by atoms with E-state index in [9.17, 15) is 4.79 Å². The highest BCUT2D eigenvalue weighted by Gasteiger charge is 2.23. The molecule has 7 heteroatoms. The van der Waals surface area contributed by atoms with Crippen molar-refractivity contribution in [3.05, 3.63) is 94.5 Å². The molecule has 0 fully saturated rings. The van der Waals surface area contributed by atoms with Crippen LogP contribution < -0.4 is 20.1 Å². The first-order chi connectivity index (χ1) is 15.0. The quantitative estimate of drug-likeness (QED) is 0.507. The van der Waals surface area contributed by atoms with E-state index in [1.165, 1.54) is 0 Å². The molecule has 0 heterocycles. The number of hydrogen-bond acceptors (Lipinski definition) is 4. The van der Waals surface area contributed by atoms with Crippen molar-refractivity contribution in [3.8, 4) is 11.5 Å². The van der Waals surface area contributed by atoms with Gasteiger partial charge in [-0.05, 0) is 35.0 Å². The van der Waals surface area contributed by atoms with Crippen LogP contribution in [0.15, 0.2) is 72.8 Å². The van der Waals surface area contributed by atoms with E-state index in [1.54, 1.807) is 26.4 Å². The average Bonchev–Trinajstić information content (AvgIpc) is 2.79. The highest BCUT2D eigenvalue weighted by atomic mass is 35.5. The molecule has 0 spiro atoms. The van der Waals surface area contributed by atoms with Gasteiger partial charge in [-0.25, -0.2) is 0 Å². The lowest BCUT2D eigenvalue weighted by molar-refractivity contribution is -0.120. The SMILES string of the molecule is COc1cc(Cl)c(CNC(=S)NC(=O)C(c2ccccc2)c2ccccc2)cc1OC. The molecule has 0 atom stereocenters. The van der Waals surface area contributed by atoms with Crippen LogP contribution in [-0.4, -0.2) is 25.2 Å². The molecule has 0 aliphatic rings. The molecule has 0 saturated carbocycles. The second-order valence-corrected chi connectivity index (χ2v) is 7.54. The van der Waals surface area contributed by atoms with Crippen LogP contribution in [0.4, 0.5) is 0 Å². The van der Waals surface area contributed by atoms with Crippen molar-refractivity contribution in [2.45, 2.75) is 12.5 Å². The topological polar surface area (TPSA) is 59.6 Å². The molecule has 3 rings (SSSR count). The maximum absolute atomic E-state index is 13.1. The number of rotatable bonds is 7. The van der Waals surface area contributed by atoms with Crippen molar-refractivity contribution >= 4 is 34.8 Å². The number of carbonyl (C=O) groups is 1. The second-order valence-electron chi connectivity index (χ2n) is 6.72. The normalized spacial score (nSPS) is 10.5. The summed E-state index contributed by atoms with van der Waals surface area (Å²) < 4.78 is 10.6. The van der Waals surface area contributed by atoms with Crippen LogP contribution in [0.5, 0.6) is 11.5 Å². The number of benzene rings is 3. The molecule has 0 aromatic heterocycles. The van der Waals surface area contributed by atoms with Crippen molar-refractivity contribution in [1.82, 2.24) is 10.6 Å². The van der Waals surface area contributed by atoms with Gasteiger partial charge in [-0.3, -0.25) is 4.79 Å². The summed E-state index contributed by atoms with van der Waals surface area (Å²) in [5.74, 6) is 0.410. The van der Waals surface area contributed by atoms with Gasteiger partial charge in [-0.2, -0.15) is 0 Å². The third-order valence-corrected chi connectivity index (χ3v) is 5.35. The molecule has 0 bridgehead atoms. The van der Waals surface area contributed by atoms with E-state index in [1.807, 2.05) is 60.7 Å². The zero-order valence-corrected chi connectivity index (χ0v) is 18.8. The molecule has 0 unspecified atom stereocenters. The number of halogens is 1. The highest BCUT2D eigenvalue weighted by Crippen LogP contribution is 2.33. The Labute approximate surface area is 192 Å². The number of thiocarbonyl (C=S) groups is 1. The Bertz CT molecular complexity index is 1010. The van der Waals surface area contributed by atoms with Crippen LogP contribution >= 0.6 is 23.8 Å². The van der Waals surface area contributed by atoms with E-state index in [4.69, 9.17) is 33.3 Å². The lowest BCUT2D eigenvalue weighted by Crippen LogP contribution is -2.41. The zero-order valence-electron chi connectivity index (χ0n) is 17.2. The molecular weight excluding hydrogens is 432 g/mol. The first-order valence-corrected chi connectivity index (χ1v) is 10.4. The van der Waals surface area contributed by atoms with Gasteiger partial charge in [0.2, 0.25) is 5.91 Å². The predicted molar refractivity (Wildman–Crippen MR) is 127 cm³/mol. The lowest BCUT2D eigenvalue weighted by atomic mass is 9.90. The smallest absolute Gasteiger partial charge is 0.238 e. The minimum Gasteiger partial charge on any atom is -0.493 e. The van der Waals surface area contributed by atoms with Crippen LogP contribution in [-0.2, 0) is 11.3 Å². The fourth-order valence-electron chi connectivity index (χ4n) is 3.22. The van der Waals surface area contributed by atoms with E-state index in [2.05, 4.69) is 10.6 Å². The zero-order chi connectivity index (χ0) is 22.2. The van der Waals surface area contributed by atoms with Crippen LogP contribution in [0.1, 0.15) is 22.6 Å². The van der Waals surface area contributed by atoms with Gasteiger partial charge in [-0.15, -0.1) is 0 Å². The van der Waals surface area contributed by atoms with Gasteiger partial charge < -0.3 is 20.1 Å². The van der Waals surface area contributed by atoms with Crippen molar-refractivity contribution in [1.29, 1.82) is 0 Å². The summed E-state index contributed by atoms with van der Waals surface area (Å²) in [6, 6.07) is 22.6. The average molecular weight is 455 g/mol. The van der Waals surface area contributed by atoms with E-state index in [0.717, 1.165) is 16.7 Å². The monoisotopic (exact) mass is 454 g/mol. The lowest BCUT2D eigenvalue weighted by Gasteiger charge is -2.19. The summed E-state index contributed by atoms with van der Waals surface area (Å²) in [6.07, 6.45) is 0. The second kappa shape index (κ2) is 10.8. The first kappa shape index (κ1) is 22.6. The number of carbonyl (C=O) groups excluding carboxylic acids is 1. The van der Waals surface area contributed by atoms with E-state index < -0.39 is 5.92 Å². The molecule has 0 aliphatic carbocycles. The molecule has 0 aliphatic heterocycles. The Morgan fingerprint density at radius 3 is 1.97 bits per heavy atom. The van der Waals surface area contributed by atoms with Gasteiger partial charge in [0, 0.05) is 17.6 Å². The van der Waals surface area contributed by atoms with Gasteiger partial charge in [0.25, 0.3) is 0 Å². The summed E-state index contributed by atoms with van der Waals surface area (Å²) in [7, 11) is 3.10. The molecule has 31 heavy (non-hydrogen) atoms. The van der Waals surface area contributed by atoms with Crippen LogP contribution in [0, 0.1) is 0 Å². The maximum Gasteiger partial charge on any atom is 0.238 e.